The highest BCUT2D eigenvalue weighted by Crippen LogP contribution is 2.20. The second kappa shape index (κ2) is 8.52. The Bertz CT molecular complexity index is 475. The minimum Gasteiger partial charge on any atom is -0.496 e. The molecular formula is C16H27N3O2. The van der Waals surface area contributed by atoms with Crippen LogP contribution in [0.2, 0.25) is 0 Å². The van der Waals surface area contributed by atoms with Crippen molar-refractivity contribution in [2.24, 2.45) is 16.8 Å². The molecule has 5 nitrogen and oxygen atoms in total. The van der Waals surface area contributed by atoms with Crippen molar-refractivity contribution in [2.75, 3.05) is 7.11 Å². The molecule has 0 saturated carbocycles. The molecule has 2 unspecified atom stereocenters. The van der Waals surface area contributed by atoms with E-state index in [9.17, 15) is 0 Å². The molecule has 1 aromatic rings. The number of rotatable bonds is 8. The van der Waals surface area contributed by atoms with Crippen LogP contribution in [0.4, 0.5) is 0 Å². The zero-order valence-corrected chi connectivity index (χ0v) is 13.4. The molecule has 0 heterocycles. The first-order valence-electron chi connectivity index (χ1n) is 7.40. The maximum absolute atomic E-state index is 8.77. The number of benzene rings is 1. The molecule has 0 amide bonds. The van der Waals surface area contributed by atoms with Crippen molar-refractivity contribution in [2.45, 2.75) is 46.2 Å². The van der Waals surface area contributed by atoms with Gasteiger partial charge in [0.1, 0.15) is 5.75 Å². The summed E-state index contributed by atoms with van der Waals surface area (Å²) in [6.07, 6.45) is 2.33. The van der Waals surface area contributed by atoms with Crippen LogP contribution in [0, 0.1) is 5.92 Å². The average Bonchev–Trinajstić information content (AvgIpc) is 2.51. The highest BCUT2D eigenvalue weighted by molar-refractivity contribution is 5.97. The maximum atomic E-state index is 8.77. The summed E-state index contributed by atoms with van der Waals surface area (Å²) in [6, 6.07) is 5.93. The Kier molecular flexibility index (Phi) is 7.02. The third-order valence-corrected chi connectivity index (χ3v) is 3.78. The first-order valence-corrected chi connectivity index (χ1v) is 7.40. The molecule has 0 radical (unpaired) electrons. The van der Waals surface area contributed by atoms with Gasteiger partial charge in [0, 0.05) is 23.7 Å². The van der Waals surface area contributed by atoms with Gasteiger partial charge in [0.25, 0.3) is 0 Å². The Hall–Kier alpha value is -1.75. The van der Waals surface area contributed by atoms with Crippen molar-refractivity contribution in [3.8, 4) is 5.75 Å². The van der Waals surface area contributed by atoms with Crippen molar-refractivity contribution >= 4 is 5.84 Å². The first-order chi connectivity index (χ1) is 10.0. The molecule has 0 aromatic heterocycles. The zero-order chi connectivity index (χ0) is 15.8. The van der Waals surface area contributed by atoms with E-state index in [1.807, 2.05) is 12.1 Å². The fourth-order valence-corrected chi connectivity index (χ4v) is 2.27. The summed E-state index contributed by atoms with van der Waals surface area (Å²) in [5, 5.41) is 15.3. The zero-order valence-electron chi connectivity index (χ0n) is 13.4. The van der Waals surface area contributed by atoms with Gasteiger partial charge in [-0.1, -0.05) is 25.4 Å². The van der Waals surface area contributed by atoms with Gasteiger partial charge < -0.3 is 21.0 Å². The summed E-state index contributed by atoms with van der Waals surface area (Å²) in [5.74, 6) is 1.61. The molecular weight excluding hydrogens is 266 g/mol. The molecule has 0 fully saturated rings. The molecule has 0 bridgehead atoms. The number of ether oxygens (including phenoxy) is 1. The van der Waals surface area contributed by atoms with Crippen LogP contribution in [0.5, 0.6) is 5.75 Å². The predicted octanol–water partition coefficient (Wildman–Crippen LogP) is 2.70. The summed E-state index contributed by atoms with van der Waals surface area (Å²) in [6.45, 7) is 7.35. The number of nitrogens with zero attached hydrogens (tertiary/aromatic N) is 1. The van der Waals surface area contributed by atoms with E-state index in [1.54, 1.807) is 13.2 Å². The highest BCUT2D eigenvalue weighted by atomic mass is 16.5. The smallest absolute Gasteiger partial charge is 0.170 e. The van der Waals surface area contributed by atoms with Crippen LogP contribution in [0.1, 0.15) is 44.7 Å². The van der Waals surface area contributed by atoms with Gasteiger partial charge in [0.2, 0.25) is 0 Å². The normalized spacial score (nSPS) is 14.8. The second-order valence-corrected chi connectivity index (χ2v) is 5.54. The van der Waals surface area contributed by atoms with E-state index in [0.717, 1.165) is 17.7 Å². The Labute approximate surface area is 127 Å². The number of amidine groups is 1. The number of hydrogen-bond acceptors (Lipinski definition) is 4. The van der Waals surface area contributed by atoms with E-state index in [4.69, 9.17) is 15.7 Å². The second-order valence-electron chi connectivity index (χ2n) is 5.54. The van der Waals surface area contributed by atoms with E-state index in [1.165, 1.54) is 6.42 Å². The van der Waals surface area contributed by atoms with Crippen LogP contribution >= 0.6 is 0 Å². The van der Waals surface area contributed by atoms with Gasteiger partial charge in [-0.15, -0.1) is 0 Å². The summed E-state index contributed by atoms with van der Waals surface area (Å²) >= 11 is 0. The summed E-state index contributed by atoms with van der Waals surface area (Å²) < 4.78 is 5.37. The van der Waals surface area contributed by atoms with E-state index in [2.05, 4.69) is 31.2 Å². The minimum absolute atomic E-state index is 0.103. The minimum atomic E-state index is 0.103. The Morgan fingerprint density at radius 2 is 2.14 bits per heavy atom. The first kappa shape index (κ1) is 17.3. The quantitative estimate of drug-likeness (QED) is 0.298. The molecule has 0 aliphatic carbocycles. The average molecular weight is 293 g/mol. The third-order valence-electron chi connectivity index (χ3n) is 3.78. The summed E-state index contributed by atoms with van der Waals surface area (Å²) in [7, 11) is 1.64. The summed E-state index contributed by atoms with van der Waals surface area (Å²) in [5.41, 5.74) is 7.32. The Morgan fingerprint density at radius 3 is 2.71 bits per heavy atom. The fourth-order valence-electron chi connectivity index (χ4n) is 2.27. The predicted molar refractivity (Wildman–Crippen MR) is 85.9 cm³/mol. The molecule has 5 heteroatoms. The van der Waals surface area contributed by atoms with Crippen LogP contribution in [0.3, 0.4) is 0 Å². The molecule has 4 N–H and O–H groups in total. The van der Waals surface area contributed by atoms with Crippen molar-refractivity contribution < 1.29 is 9.94 Å². The molecule has 0 saturated heterocycles. The summed E-state index contributed by atoms with van der Waals surface area (Å²) in [4.78, 5) is 0. The van der Waals surface area contributed by atoms with Gasteiger partial charge >= 0.3 is 0 Å². The number of nitrogens with one attached hydrogen (secondary N) is 1. The fraction of sp³-hybridized carbons (Fsp3) is 0.562. The van der Waals surface area contributed by atoms with Crippen LogP contribution in [-0.4, -0.2) is 24.2 Å². The Balaban J connectivity index is 2.76. The highest BCUT2D eigenvalue weighted by Gasteiger charge is 2.10. The van der Waals surface area contributed by atoms with Gasteiger partial charge in [0.05, 0.1) is 7.11 Å². The van der Waals surface area contributed by atoms with Crippen molar-refractivity contribution in [3.05, 3.63) is 29.3 Å². The lowest BCUT2D eigenvalue weighted by Crippen LogP contribution is -2.27. The van der Waals surface area contributed by atoms with Gasteiger partial charge in [-0.05, 0) is 37.5 Å². The van der Waals surface area contributed by atoms with Crippen LogP contribution in [0.25, 0.3) is 0 Å². The molecule has 118 valence electrons. The van der Waals surface area contributed by atoms with E-state index in [0.29, 0.717) is 24.1 Å². The topological polar surface area (TPSA) is 79.9 Å². The standard InChI is InChI=1S/C16H27N3O2/c1-5-11(2)8-12(3)18-10-14-9-13(16(17)19-20)6-7-15(14)21-4/h6-7,9,11-12,18,20H,5,8,10H2,1-4H3,(H2,17,19). The van der Waals surface area contributed by atoms with Crippen LogP contribution in [0.15, 0.2) is 23.4 Å². The molecule has 0 aliphatic heterocycles. The van der Waals surface area contributed by atoms with Crippen LogP contribution in [-0.2, 0) is 6.54 Å². The van der Waals surface area contributed by atoms with Crippen molar-refractivity contribution in [1.82, 2.24) is 5.32 Å². The number of methoxy groups -OCH3 is 1. The lowest BCUT2D eigenvalue weighted by molar-refractivity contribution is 0.318. The van der Waals surface area contributed by atoms with E-state index >= 15 is 0 Å². The van der Waals surface area contributed by atoms with E-state index in [-0.39, 0.29) is 5.84 Å². The van der Waals surface area contributed by atoms with Crippen molar-refractivity contribution in [1.29, 1.82) is 0 Å². The Morgan fingerprint density at radius 1 is 1.43 bits per heavy atom. The molecule has 0 aliphatic rings. The van der Waals surface area contributed by atoms with E-state index < -0.39 is 0 Å². The number of nitrogens with two attached hydrogens (primary N) is 1. The molecule has 0 spiro atoms. The number of oxime groups is 1. The lowest BCUT2D eigenvalue weighted by Gasteiger charge is -2.19. The molecule has 2 atom stereocenters. The SMILES string of the molecule is CCC(C)CC(C)NCc1cc(/C(N)=N/O)ccc1OC. The largest absolute Gasteiger partial charge is 0.496 e. The van der Waals surface area contributed by atoms with Gasteiger partial charge in [-0.2, -0.15) is 0 Å². The van der Waals surface area contributed by atoms with Crippen LogP contribution < -0.4 is 15.8 Å². The number of hydrogen-bond donors (Lipinski definition) is 3. The maximum Gasteiger partial charge on any atom is 0.170 e. The molecule has 21 heavy (non-hydrogen) atoms. The lowest BCUT2D eigenvalue weighted by atomic mass is 10.00. The third kappa shape index (κ3) is 5.27. The molecule has 1 aromatic carbocycles. The monoisotopic (exact) mass is 293 g/mol. The van der Waals surface area contributed by atoms with Gasteiger partial charge in [-0.3, -0.25) is 0 Å². The van der Waals surface area contributed by atoms with Gasteiger partial charge in [0.15, 0.2) is 5.84 Å². The molecule has 1 rings (SSSR count). The van der Waals surface area contributed by atoms with Crippen molar-refractivity contribution in [3.63, 3.8) is 0 Å². The van der Waals surface area contributed by atoms with Gasteiger partial charge in [-0.25, -0.2) is 0 Å².